The zero-order chi connectivity index (χ0) is 10.7. The number of anilines is 1. The highest BCUT2D eigenvalue weighted by Crippen LogP contribution is 2.25. The number of benzene rings is 1. The zero-order valence-corrected chi connectivity index (χ0v) is 10.5. The second kappa shape index (κ2) is 4.99. The molecule has 0 saturated carbocycles. The summed E-state index contributed by atoms with van der Waals surface area (Å²) in [4.78, 5) is 0. The summed E-state index contributed by atoms with van der Waals surface area (Å²) in [6.07, 6.45) is 3.73. The maximum atomic E-state index is 5.65. The van der Waals surface area contributed by atoms with Crippen LogP contribution in [0.15, 0.2) is 22.7 Å². The van der Waals surface area contributed by atoms with Gasteiger partial charge in [0.2, 0.25) is 0 Å². The van der Waals surface area contributed by atoms with E-state index in [0.717, 1.165) is 23.2 Å². The van der Waals surface area contributed by atoms with Crippen LogP contribution < -0.4 is 5.32 Å². The van der Waals surface area contributed by atoms with E-state index in [-0.39, 0.29) is 6.23 Å². The molecule has 2 nitrogen and oxygen atoms in total. The first-order valence-corrected chi connectivity index (χ1v) is 6.20. The van der Waals surface area contributed by atoms with Crippen LogP contribution in [0.1, 0.15) is 24.8 Å². The summed E-state index contributed by atoms with van der Waals surface area (Å²) in [5.41, 5.74) is 2.41. The molecular formula is C12H16BrNO. The predicted molar refractivity (Wildman–Crippen MR) is 66.1 cm³/mol. The Balaban J connectivity index is 2.06. The van der Waals surface area contributed by atoms with Crippen LogP contribution in [0.3, 0.4) is 0 Å². The SMILES string of the molecule is Cc1c(Br)cccc1NC1CCCCO1. The van der Waals surface area contributed by atoms with Crippen LogP contribution in [-0.4, -0.2) is 12.8 Å². The Kier molecular flexibility index (Phi) is 3.65. The quantitative estimate of drug-likeness (QED) is 0.884. The number of hydrogen-bond acceptors (Lipinski definition) is 2. The number of halogens is 1. The molecule has 1 aromatic carbocycles. The van der Waals surface area contributed by atoms with Crippen molar-refractivity contribution in [3.05, 3.63) is 28.2 Å². The molecule has 15 heavy (non-hydrogen) atoms. The topological polar surface area (TPSA) is 21.3 Å². The number of rotatable bonds is 2. The molecule has 1 N–H and O–H groups in total. The van der Waals surface area contributed by atoms with Crippen LogP contribution in [0.5, 0.6) is 0 Å². The average Bonchev–Trinajstić information content (AvgIpc) is 2.26. The molecule has 0 spiro atoms. The van der Waals surface area contributed by atoms with Crippen molar-refractivity contribution in [3.8, 4) is 0 Å². The molecule has 0 radical (unpaired) electrons. The molecule has 1 heterocycles. The van der Waals surface area contributed by atoms with Gasteiger partial charge in [-0.1, -0.05) is 22.0 Å². The highest BCUT2D eigenvalue weighted by Gasteiger charge is 2.14. The van der Waals surface area contributed by atoms with Gasteiger partial charge in [0.1, 0.15) is 6.23 Å². The van der Waals surface area contributed by atoms with Crippen LogP contribution in [0.4, 0.5) is 5.69 Å². The Morgan fingerprint density at radius 1 is 1.40 bits per heavy atom. The van der Waals surface area contributed by atoms with Crippen LogP contribution in [0.2, 0.25) is 0 Å². The minimum Gasteiger partial charge on any atom is -0.360 e. The third-order valence-electron chi connectivity index (χ3n) is 2.76. The highest BCUT2D eigenvalue weighted by molar-refractivity contribution is 9.10. The first-order chi connectivity index (χ1) is 7.27. The van der Waals surface area contributed by atoms with Gasteiger partial charge in [-0.2, -0.15) is 0 Å². The van der Waals surface area contributed by atoms with Gasteiger partial charge in [0, 0.05) is 16.8 Å². The van der Waals surface area contributed by atoms with Gasteiger partial charge < -0.3 is 10.1 Å². The van der Waals surface area contributed by atoms with Crippen LogP contribution in [0.25, 0.3) is 0 Å². The third kappa shape index (κ3) is 2.73. The Bertz CT molecular complexity index is 334. The second-order valence-electron chi connectivity index (χ2n) is 3.91. The van der Waals surface area contributed by atoms with E-state index in [1.54, 1.807) is 0 Å². The Hall–Kier alpha value is -0.540. The number of ether oxygens (including phenoxy) is 1. The van der Waals surface area contributed by atoms with Crippen molar-refractivity contribution in [3.63, 3.8) is 0 Å². The molecule has 1 atom stereocenters. The van der Waals surface area contributed by atoms with E-state index in [0.29, 0.717) is 0 Å². The van der Waals surface area contributed by atoms with Crippen molar-refractivity contribution in [1.29, 1.82) is 0 Å². The molecule has 0 aromatic heterocycles. The fraction of sp³-hybridized carbons (Fsp3) is 0.500. The van der Waals surface area contributed by atoms with Gasteiger partial charge in [0.05, 0.1) is 0 Å². The van der Waals surface area contributed by atoms with E-state index < -0.39 is 0 Å². The third-order valence-corrected chi connectivity index (χ3v) is 3.62. The van der Waals surface area contributed by atoms with E-state index >= 15 is 0 Å². The average molecular weight is 270 g/mol. The Labute approximate surface area is 99.1 Å². The molecule has 1 aliphatic heterocycles. The lowest BCUT2D eigenvalue weighted by atomic mass is 10.1. The maximum Gasteiger partial charge on any atom is 0.127 e. The van der Waals surface area contributed by atoms with Crippen molar-refractivity contribution in [2.24, 2.45) is 0 Å². The minimum atomic E-state index is 0.187. The van der Waals surface area contributed by atoms with Gasteiger partial charge in [-0.15, -0.1) is 0 Å². The predicted octanol–water partition coefficient (Wildman–Crippen LogP) is 3.70. The Morgan fingerprint density at radius 2 is 2.27 bits per heavy atom. The normalized spacial score (nSPS) is 21.3. The monoisotopic (exact) mass is 269 g/mol. The van der Waals surface area contributed by atoms with Crippen LogP contribution in [-0.2, 0) is 4.74 Å². The van der Waals surface area contributed by atoms with E-state index in [9.17, 15) is 0 Å². The molecule has 2 rings (SSSR count). The maximum absolute atomic E-state index is 5.65. The van der Waals surface area contributed by atoms with E-state index in [1.165, 1.54) is 18.4 Å². The summed E-state index contributed by atoms with van der Waals surface area (Å²) in [5, 5.41) is 3.44. The lowest BCUT2D eigenvalue weighted by Crippen LogP contribution is -2.27. The molecule has 1 fully saturated rings. The van der Waals surface area contributed by atoms with Crippen molar-refractivity contribution < 1.29 is 4.74 Å². The largest absolute Gasteiger partial charge is 0.360 e. The molecular weight excluding hydrogens is 254 g/mol. The first-order valence-electron chi connectivity index (χ1n) is 5.40. The molecule has 0 aliphatic carbocycles. The fourth-order valence-corrected chi connectivity index (χ4v) is 2.16. The molecule has 1 aromatic rings. The summed E-state index contributed by atoms with van der Waals surface area (Å²) >= 11 is 3.53. The molecule has 82 valence electrons. The molecule has 0 amide bonds. The van der Waals surface area contributed by atoms with Gasteiger partial charge >= 0.3 is 0 Å². The van der Waals surface area contributed by atoms with Gasteiger partial charge in [0.25, 0.3) is 0 Å². The van der Waals surface area contributed by atoms with E-state index in [4.69, 9.17) is 4.74 Å². The van der Waals surface area contributed by atoms with Gasteiger partial charge in [0.15, 0.2) is 0 Å². The summed E-state index contributed by atoms with van der Waals surface area (Å²) in [6.45, 7) is 2.99. The van der Waals surface area contributed by atoms with Crippen molar-refractivity contribution in [1.82, 2.24) is 0 Å². The van der Waals surface area contributed by atoms with Crippen LogP contribution in [0, 0.1) is 6.92 Å². The molecule has 1 aliphatic rings. The van der Waals surface area contributed by atoms with E-state index in [1.807, 2.05) is 6.07 Å². The summed E-state index contributed by atoms with van der Waals surface area (Å²) in [5.74, 6) is 0. The first kappa shape index (κ1) is 11.0. The fourth-order valence-electron chi connectivity index (χ4n) is 1.79. The molecule has 1 unspecified atom stereocenters. The zero-order valence-electron chi connectivity index (χ0n) is 8.92. The smallest absolute Gasteiger partial charge is 0.127 e. The number of nitrogens with one attached hydrogen (secondary N) is 1. The summed E-state index contributed by atoms with van der Waals surface area (Å²) in [6, 6.07) is 6.20. The molecule has 0 bridgehead atoms. The second-order valence-corrected chi connectivity index (χ2v) is 4.77. The van der Waals surface area contributed by atoms with Gasteiger partial charge in [-0.3, -0.25) is 0 Å². The van der Waals surface area contributed by atoms with Crippen LogP contribution >= 0.6 is 15.9 Å². The Morgan fingerprint density at radius 3 is 3.00 bits per heavy atom. The highest BCUT2D eigenvalue weighted by atomic mass is 79.9. The van der Waals surface area contributed by atoms with Crippen molar-refractivity contribution in [2.45, 2.75) is 32.4 Å². The minimum absolute atomic E-state index is 0.187. The summed E-state index contributed by atoms with van der Waals surface area (Å²) in [7, 11) is 0. The van der Waals surface area contributed by atoms with Crippen molar-refractivity contribution >= 4 is 21.6 Å². The van der Waals surface area contributed by atoms with Gasteiger partial charge in [-0.25, -0.2) is 0 Å². The number of hydrogen-bond donors (Lipinski definition) is 1. The van der Waals surface area contributed by atoms with Gasteiger partial charge in [-0.05, 0) is 43.9 Å². The lowest BCUT2D eigenvalue weighted by molar-refractivity contribution is 0.0343. The molecule has 3 heteroatoms. The van der Waals surface area contributed by atoms with Crippen molar-refractivity contribution in [2.75, 3.05) is 11.9 Å². The summed E-state index contributed by atoms with van der Waals surface area (Å²) < 4.78 is 6.79. The molecule has 1 saturated heterocycles. The standard InChI is InChI=1S/C12H16BrNO/c1-9-10(13)5-4-6-11(9)14-12-7-2-3-8-15-12/h4-6,12,14H,2-3,7-8H2,1H3. The van der Waals surface area contributed by atoms with E-state index in [2.05, 4.69) is 40.3 Å². The lowest BCUT2D eigenvalue weighted by Gasteiger charge is -2.25.